The van der Waals surface area contributed by atoms with Gasteiger partial charge in [0.15, 0.2) is 5.58 Å². The summed E-state index contributed by atoms with van der Waals surface area (Å²) >= 11 is 0. The molecular formula is C67H43NO2. The monoisotopic (exact) mass is 893 g/mol. The molecule has 0 N–H and O–H groups in total. The average molecular weight is 894 g/mol. The van der Waals surface area contributed by atoms with Gasteiger partial charge in [0.2, 0.25) is 0 Å². The van der Waals surface area contributed by atoms with Crippen LogP contribution in [-0.4, -0.2) is 0 Å². The van der Waals surface area contributed by atoms with E-state index in [0.29, 0.717) is 0 Å². The molecule has 15 rings (SSSR count). The van der Waals surface area contributed by atoms with E-state index >= 15 is 0 Å². The summed E-state index contributed by atoms with van der Waals surface area (Å²) in [5.41, 5.74) is 22.4. The van der Waals surface area contributed by atoms with Gasteiger partial charge in [0.25, 0.3) is 0 Å². The lowest BCUT2D eigenvalue weighted by atomic mass is 9.70. The third-order valence-corrected chi connectivity index (χ3v) is 15.4. The highest BCUT2D eigenvalue weighted by molar-refractivity contribution is 6.16. The molecule has 2 atom stereocenters. The van der Waals surface area contributed by atoms with E-state index in [0.717, 1.165) is 84.2 Å². The van der Waals surface area contributed by atoms with Crippen molar-refractivity contribution in [3.63, 3.8) is 0 Å². The molecule has 0 aliphatic heterocycles. The molecular weight excluding hydrogens is 851 g/mol. The second-order valence-corrected chi connectivity index (χ2v) is 19.0. The zero-order valence-electron chi connectivity index (χ0n) is 38.1. The van der Waals surface area contributed by atoms with Crippen LogP contribution < -0.4 is 4.90 Å². The van der Waals surface area contributed by atoms with Crippen molar-refractivity contribution in [1.29, 1.82) is 0 Å². The maximum Gasteiger partial charge on any atom is 0.159 e. The zero-order chi connectivity index (χ0) is 45.9. The molecule has 0 fully saturated rings. The number of hydrogen-bond donors (Lipinski definition) is 0. The van der Waals surface area contributed by atoms with Crippen LogP contribution in [0, 0.1) is 0 Å². The van der Waals surface area contributed by atoms with Crippen molar-refractivity contribution in [2.45, 2.75) is 17.8 Å². The fourth-order valence-corrected chi connectivity index (χ4v) is 12.4. The van der Waals surface area contributed by atoms with Gasteiger partial charge in [0, 0.05) is 38.8 Å². The Morgan fingerprint density at radius 3 is 1.89 bits per heavy atom. The number of rotatable bonds is 6. The summed E-state index contributed by atoms with van der Waals surface area (Å²) in [5, 5.41) is 4.54. The predicted molar refractivity (Wildman–Crippen MR) is 288 cm³/mol. The Balaban J connectivity index is 0.970. The Morgan fingerprint density at radius 1 is 0.429 bits per heavy atom. The number of nitrogens with zero attached hydrogens (tertiary/aromatic N) is 1. The first-order valence-corrected chi connectivity index (χ1v) is 24.3. The summed E-state index contributed by atoms with van der Waals surface area (Å²) in [6, 6.07) is 82.1. The molecule has 70 heavy (non-hydrogen) atoms. The van der Waals surface area contributed by atoms with Crippen LogP contribution in [0.15, 0.2) is 257 Å². The molecule has 0 saturated heterocycles. The van der Waals surface area contributed by atoms with Gasteiger partial charge in [-0.2, -0.15) is 0 Å². The van der Waals surface area contributed by atoms with E-state index in [1.807, 2.05) is 0 Å². The van der Waals surface area contributed by atoms with Crippen molar-refractivity contribution in [2.75, 3.05) is 4.90 Å². The smallest absolute Gasteiger partial charge is 0.159 e. The lowest BCUT2D eigenvalue weighted by Crippen LogP contribution is -2.25. The van der Waals surface area contributed by atoms with E-state index in [4.69, 9.17) is 8.83 Å². The lowest BCUT2D eigenvalue weighted by Gasteiger charge is -2.31. The topological polar surface area (TPSA) is 29.5 Å². The largest absolute Gasteiger partial charge is 0.456 e. The van der Waals surface area contributed by atoms with Gasteiger partial charge in [-0.3, -0.25) is 0 Å². The number of anilines is 2. The highest BCUT2D eigenvalue weighted by atomic mass is 16.3. The quantitative estimate of drug-likeness (QED) is 0.167. The SMILES string of the molecule is C1=CC(c2ccccc2)CC=C1N(c1cc(-c2ccccc2)cc(-c2ccc3c(c2)C2(c4ccccc4-3)c3ccccc3-c3c2ccc2oc4ccccc4c32)c1)c1cccc2c1oc1ccccc12. The van der Waals surface area contributed by atoms with Crippen molar-refractivity contribution in [2.24, 2.45) is 0 Å². The molecule has 2 heterocycles. The van der Waals surface area contributed by atoms with E-state index in [1.165, 1.54) is 55.5 Å². The van der Waals surface area contributed by atoms with Gasteiger partial charge in [-0.25, -0.2) is 0 Å². The van der Waals surface area contributed by atoms with Gasteiger partial charge in [0.05, 0.1) is 11.1 Å². The van der Waals surface area contributed by atoms with Crippen LogP contribution in [0.2, 0.25) is 0 Å². The van der Waals surface area contributed by atoms with Crippen LogP contribution >= 0.6 is 0 Å². The van der Waals surface area contributed by atoms with Gasteiger partial charge < -0.3 is 13.7 Å². The first kappa shape index (κ1) is 39.1. The molecule has 3 nitrogen and oxygen atoms in total. The number of hydrogen-bond acceptors (Lipinski definition) is 3. The van der Waals surface area contributed by atoms with Crippen molar-refractivity contribution < 1.29 is 8.83 Å². The maximum absolute atomic E-state index is 6.84. The van der Waals surface area contributed by atoms with Crippen molar-refractivity contribution >= 4 is 55.3 Å². The molecule has 2 unspecified atom stereocenters. The molecule has 3 heteroatoms. The summed E-state index contributed by atoms with van der Waals surface area (Å²) in [7, 11) is 0. The van der Waals surface area contributed by atoms with Crippen molar-refractivity contribution in [3.8, 4) is 44.5 Å². The van der Waals surface area contributed by atoms with Gasteiger partial charge in [-0.15, -0.1) is 0 Å². The highest BCUT2D eigenvalue weighted by Crippen LogP contribution is 2.64. The third-order valence-electron chi connectivity index (χ3n) is 15.4. The maximum atomic E-state index is 6.84. The average Bonchev–Trinajstić information content (AvgIpc) is 4.17. The Morgan fingerprint density at radius 2 is 1.09 bits per heavy atom. The van der Waals surface area contributed by atoms with Crippen molar-refractivity contribution in [3.05, 3.63) is 276 Å². The van der Waals surface area contributed by atoms with Crippen LogP contribution in [-0.2, 0) is 5.41 Å². The van der Waals surface area contributed by atoms with E-state index < -0.39 is 5.41 Å². The molecule has 3 aliphatic rings. The zero-order valence-corrected chi connectivity index (χ0v) is 38.1. The number of allylic oxidation sites excluding steroid dienone is 3. The Kier molecular flexibility index (Phi) is 8.40. The number of furan rings is 2. The summed E-state index contributed by atoms with van der Waals surface area (Å²) in [6.45, 7) is 0. The number of fused-ring (bicyclic) bond motifs is 17. The van der Waals surface area contributed by atoms with E-state index in [2.05, 4.69) is 248 Å². The highest BCUT2D eigenvalue weighted by Gasteiger charge is 2.52. The first-order valence-electron chi connectivity index (χ1n) is 24.3. The molecule has 3 aliphatic carbocycles. The van der Waals surface area contributed by atoms with E-state index in [1.54, 1.807) is 0 Å². The van der Waals surface area contributed by atoms with Gasteiger partial charge >= 0.3 is 0 Å². The Hall–Kier alpha value is -8.92. The molecule has 0 bridgehead atoms. The standard InChI is InChI=1S/C67H43NO2/c1-3-16-42(17-4-1)44-30-33-48(34-31-44)68(60-27-15-24-53-52-21-9-13-28-61(52)70-66(53)60)49-39-46(43-18-5-2-6-19-43)38-47(40-49)45-32-35-51-50-20-7-11-25-56(50)67(59(51)41-45)57-26-12-8-22-54(57)64-58(67)36-37-63-65(64)55-23-10-14-29-62(55)69-63/h1-30,32-41,44H,31H2. The fourth-order valence-electron chi connectivity index (χ4n) is 12.4. The molecule has 12 aromatic rings. The van der Waals surface area contributed by atoms with Crippen LogP contribution in [0.4, 0.5) is 11.4 Å². The lowest BCUT2D eigenvalue weighted by molar-refractivity contribution is 0.668. The molecule has 10 aromatic carbocycles. The molecule has 0 radical (unpaired) electrons. The fraction of sp³-hybridized carbons (Fsp3) is 0.0448. The minimum Gasteiger partial charge on any atom is -0.456 e. The molecule has 0 saturated carbocycles. The minimum absolute atomic E-state index is 0.289. The van der Waals surface area contributed by atoms with Crippen LogP contribution in [0.1, 0.15) is 40.2 Å². The second kappa shape index (κ2) is 15.0. The van der Waals surface area contributed by atoms with E-state index in [9.17, 15) is 0 Å². The van der Waals surface area contributed by atoms with Gasteiger partial charge in [-0.1, -0.05) is 188 Å². The minimum atomic E-state index is -0.545. The van der Waals surface area contributed by atoms with Crippen LogP contribution in [0.25, 0.3) is 88.4 Å². The van der Waals surface area contributed by atoms with E-state index in [-0.39, 0.29) is 5.92 Å². The van der Waals surface area contributed by atoms with Crippen molar-refractivity contribution in [1.82, 2.24) is 0 Å². The second-order valence-electron chi connectivity index (χ2n) is 19.0. The normalized spacial score (nSPS) is 16.5. The number of benzene rings is 10. The summed E-state index contributed by atoms with van der Waals surface area (Å²) < 4.78 is 13.4. The Labute approximate surface area is 405 Å². The number of para-hydroxylation sites is 3. The van der Waals surface area contributed by atoms with Gasteiger partial charge in [0.1, 0.15) is 16.7 Å². The summed E-state index contributed by atoms with van der Waals surface area (Å²) in [4.78, 5) is 2.42. The Bertz CT molecular complexity index is 4170. The summed E-state index contributed by atoms with van der Waals surface area (Å²) in [5.74, 6) is 0.289. The third kappa shape index (κ3) is 5.57. The first-order chi connectivity index (χ1) is 34.7. The van der Waals surface area contributed by atoms with Crippen LogP contribution in [0.5, 0.6) is 0 Å². The summed E-state index contributed by atoms with van der Waals surface area (Å²) in [6.07, 6.45) is 7.96. The van der Waals surface area contributed by atoms with Gasteiger partial charge in [-0.05, 0) is 133 Å². The molecule has 0 amide bonds. The molecule has 2 aromatic heterocycles. The predicted octanol–water partition coefficient (Wildman–Crippen LogP) is 17.9. The molecule has 328 valence electrons. The van der Waals surface area contributed by atoms with Crippen LogP contribution in [0.3, 0.4) is 0 Å². The molecule has 1 spiro atoms.